The van der Waals surface area contributed by atoms with E-state index in [1.807, 2.05) is 0 Å². The Kier molecular flexibility index (Phi) is 10.3. The van der Waals surface area contributed by atoms with Crippen LogP contribution in [0.15, 0.2) is 23.1 Å². The summed E-state index contributed by atoms with van der Waals surface area (Å²) in [4.78, 5) is 47.7. The van der Waals surface area contributed by atoms with Crippen LogP contribution in [0.1, 0.15) is 52.4 Å². The van der Waals surface area contributed by atoms with Crippen LogP contribution in [0.4, 0.5) is 10.6 Å². The Labute approximate surface area is 231 Å². The maximum absolute atomic E-state index is 12.7. The number of anilines is 1. The van der Waals surface area contributed by atoms with Crippen molar-refractivity contribution in [1.29, 1.82) is 0 Å². The molecule has 2 aliphatic heterocycles. The van der Waals surface area contributed by atoms with Gasteiger partial charge in [0.1, 0.15) is 5.82 Å². The van der Waals surface area contributed by atoms with E-state index in [1.54, 1.807) is 40.5 Å². The molecule has 0 bridgehead atoms. The number of allylic oxidation sites excluding steroid dienone is 2. The minimum Gasteiger partial charge on any atom is -0.338 e. The van der Waals surface area contributed by atoms with Crippen LogP contribution in [0.5, 0.6) is 0 Å². The number of aromatic nitrogens is 2. The van der Waals surface area contributed by atoms with Gasteiger partial charge in [-0.1, -0.05) is 6.08 Å². The molecule has 2 fully saturated rings. The van der Waals surface area contributed by atoms with Crippen LogP contribution in [-0.4, -0.2) is 93.6 Å². The van der Waals surface area contributed by atoms with E-state index in [1.165, 1.54) is 6.42 Å². The fourth-order valence-electron chi connectivity index (χ4n) is 5.39. The Morgan fingerprint density at radius 1 is 1.08 bits per heavy atom. The second kappa shape index (κ2) is 13.1. The topological polar surface area (TPSA) is 143 Å². The SMILES string of the molecule is CC(C)(N)C(=O)N1CCN(C(=O)Nc2ccn(C3=CCC(CN4CCCC(N)CC4)CC3)c(=O)n2)CC1.Cl. The van der Waals surface area contributed by atoms with Crippen molar-refractivity contribution in [3.63, 3.8) is 0 Å². The summed E-state index contributed by atoms with van der Waals surface area (Å²) in [6, 6.07) is 1.65. The molecular weight excluding hydrogens is 508 g/mol. The Morgan fingerprint density at radius 3 is 2.42 bits per heavy atom. The first-order valence-electron chi connectivity index (χ1n) is 13.5. The third-order valence-corrected chi connectivity index (χ3v) is 7.63. The second-order valence-electron chi connectivity index (χ2n) is 11.2. The standard InChI is InChI=1S/C26H42N8O3.ClH/c1-26(2,28)23(35)32-14-16-33(17-15-32)24(36)29-22-10-13-34(25(37)30-22)21-7-5-19(6-8-21)18-31-11-3-4-20(27)9-12-31;/h7,10,13,19-20H,3-6,8-9,11-12,14-18,27-28H2,1-2H3,(H,29,30,36,37);1H. The van der Waals surface area contributed by atoms with E-state index in [0.29, 0.717) is 38.1 Å². The van der Waals surface area contributed by atoms with Crippen LogP contribution in [0.2, 0.25) is 0 Å². The second-order valence-corrected chi connectivity index (χ2v) is 11.2. The molecule has 0 spiro atoms. The van der Waals surface area contributed by atoms with Gasteiger partial charge in [0.15, 0.2) is 0 Å². The molecule has 1 aromatic heterocycles. The Bertz CT molecular complexity index is 1060. The molecule has 2 atom stereocenters. The zero-order chi connectivity index (χ0) is 26.6. The molecule has 3 heterocycles. The summed E-state index contributed by atoms with van der Waals surface area (Å²) in [5.41, 5.74) is 11.7. The van der Waals surface area contributed by atoms with Gasteiger partial charge in [-0.15, -0.1) is 12.4 Å². The maximum Gasteiger partial charge on any atom is 0.353 e. The van der Waals surface area contributed by atoms with Gasteiger partial charge in [0.2, 0.25) is 5.91 Å². The maximum atomic E-state index is 12.7. The van der Waals surface area contributed by atoms with E-state index in [2.05, 4.69) is 21.3 Å². The van der Waals surface area contributed by atoms with E-state index in [9.17, 15) is 14.4 Å². The molecule has 3 aliphatic rings. The molecule has 0 radical (unpaired) electrons. The first kappa shape index (κ1) is 30.1. The van der Waals surface area contributed by atoms with Crippen LogP contribution in [0.3, 0.4) is 0 Å². The monoisotopic (exact) mass is 550 g/mol. The van der Waals surface area contributed by atoms with E-state index >= 15 is 0 Å². The van der Waals surface area contributed by atoms with Gasteiger partial charge in [-0.3, -0.25) is 14.7 Å². The van der Waals surface area contributed by atoms with Crippen LogP contribution in [0.25, 0.3) is 5.70 Å². The van der Waals surface area contributed by atoms with Gasteiger partial charge in [-0.05, 0) is 77.4 Å². The number of carbonyl (C=O) groups excluding carboxylic acids is 2. The number of nitrogens with zero attached hydrogens (tertiary/aromatic N) is 5. The lowest BCUT2D eigenvalue weighted by atomic mass is 9.91. The number of amides is 3. The molecule has 212 valence electrons. The van der Waals surface area contributed by atoms with E-state index in [4.69, 9.17) is 11.5 Å². The average Bonchev–Trinajstić information content (AvgIpc) is 3.07. The van der Waals surface area contributed by atoms with Gasteiger partial charge in [-0.25, -0.2) is 9.59 Å². The third-order valence-electron chi connectivity index (χ3n) is 7.63. The lowest BCUT2D eigenvalue weighted by Crippen LogP contribution is -2.58. The molecule has 0 saturated carbocycles. The van der Waals surface area contributed by atoms with Crippen LogP contribution < -0.4 is 22.5 Å². The van der Waals surface area contributed by atoms with Gasteiger partial charge in [0.05, 0.1) is 5.54 Å². The quantitative estimate of drug-likeness (QED) is 0.504. The number of piperazine rings is 1. The first-order valence-corrected chi connectivity index (χ1v) is 13.5. The van der Waals surface area contributed by atoms with Crippen molar-refractivity contribution in [3.05, 3.63) is 28.8 Å². The van der Waals surface area contributed by atoms with Crippen molar-refractivity contribution in [3.8, 4) is 0 Å². The van der Waals surface area contributed by atoms with Gasteiger partial charge >= 0.3 is 11.7 Å². The van der Waals surface area contributed by atoms with Crippen molar-refractivity contribution in [2.45, 2.75) is 64.0 Å². The summed E-state index contributed by atoms with van der Waals surface area (Å²) in [6.45, 7) is 8.26. The highest BCUT2D eigenvalue weighted by atomic mass is 35.5. The number of rotatable bonds is 5. The summed E-state index contributed by atoms with van der Waals surface area (Å²) in [7, 11) is 0. The predicted octanol–water partition coefficient (Wildman–Crippen LogP) is 1.53. The fraction of sp³-hybridized carbons (Fsp3) is 0.692. The van der Waals surface area contributed by atoms with E-state index in [-0.39, 0.29) is 30.2 Å². The summed E-state index contributed by atoms with van der Waals surface area (Å²) >= 11 is 0. The minimum absolute atomic E-state index is 0. The number of halogens is 1. The summed E-state index contributed by atoms with van der Waals surface area (Å²) < 4.78 is 1.58. The molecular formula is C26H43ClN8O3. The highest BCUT2D eigenvalue weighted by Crippen LogP contribution is 2.27. The summed E-state index contributed by atoms with van der Waals surface area (Å²) in [5.74, 6) is 0.682. The molecule has 3 amide bonds. The van der Waals surface area contributed by atoms with Crippen LogP contribution in [0, 0.1) is 5.92 Å². The Hall–Kier alpha value is -2.47. The highest BCUT2D eigenvalue weighted by Gasteiger charge is 2.31. The molecule has 11 nitrogen and oxygen atoms in total. The van der Waals surface area contributed by atoms with Crippen LogP contribution in [-0.2, 0) is 4.79 Å². The number of likely N-dealkylation sites (tertiary alicyclic amines) is 1. The summed E-state index contributed by atoms with van der Waals surface area (Å²) in [6.07, 6.45) is 10.0. The normalized spacial score (nSPS) is 23.2. The molecule has 1 aromatic rings. The Balaban J connectivity index is 0.00000400. The molecule has 0 aromatic carbocycles. The van der Waals surface area contributed by atoms with Crippen molar-refractivity contribution in [2.75, 3.05) is 51.1 Å². The number of nitrogens with one attached hydrogen (secondary N) is 1. The predicted molar refractivity (Wildman–Crippen MR) is 151 cm³/mol. The van der Waals surface area contributed by atoms with Gasteiger partial charge < -0.3 is 26.2 Å². The van der Waals surface area contributed by atoms with Gasteiger partial charge in [-0.2, -0.15) is 4.98 Å². The first-order chi connectivity index (χ1) is 17.6. The van der Waals surface area contributed by atoms with E-state index < -0.39 is 11.2 Å². The van der Waals surface area contributed by atoms with Gasteiger partial charge in [0.25, 0.3) is 0 Å². The number of hydrogen-bond donors (Lipinski definition) is 3. The number of nitrogens with two attached hydrogens (primary N) is 2. The molecule has 12 heteroatoms. The van der Waals surface area contributed by atoms with Crippen molar-refractivity contribution >= 4 is 35.9 Å². The fourth-order valence-corrected chi connectivity index (χ4v) is 5.39. The number of hydrogen-bond acceptors (Lipinski definition) is 7. The lowest BCUT2D eigenvalue weighted by Gasteiger charge is -2.37. The molecule has 38 heavy (non-hydrogen) atoms. The third kappa shape index (κ3) is 7.78. The molecule has 5 N–H and O–H groups in total. The molecule has 2 unspecified atom stereocenters. The average molecular weight is 551 g/mol. The molecule has 4 rings (SSSR count). The van der Waals surface area contributed by atoms with Crippen molar-refractivity contribution in [2.24, 2.45) is 17.4 Å². The number of carbonyl (C=O) groups is 2. The lowest BCUT2D eigenvalue weighted by molar-refractivity contribution is -0.137. The Morgan fingerprint density at radius 2 is 1.79 bits per heavy atom. The molecule has 1 aliphatic carbocycles. The number of urea groups is 1. The van der Waals surface area contributed by atoms with Crippen molar-refractivity contribution < 1.29 is 9.59 Å². The highest BCUT2D eigenvalue weighted by molar-refractivity contribution is 5.89. The minimum atomic E-state index is -0.936. The molecule has 2 saturated heterocycles. The largest absolute Gasteiger partial charge is 0.353 e. The van der Waals surface area contributed by atoms with Crippen LogP contribution >= 0.6 is 12.4 Å². The summed E-state index contributed by atoms with van der Waals surface area (Å²) in [5, 5.41) is 2.72. The zero-order valence-electron chi connectivity index (χ0n) is 22.6. The smallest absolute Gasteiger partial charge is 0.338 e. The van der Waals surface area contributed by atoms with E-state index in [0.717, 1.165) is 57.4 Å². The van der Waals surface area contributed by atoms with Crippen molar-refractivity contribution in [1.82, 2.24) is 24.3 Å². The van der Waals surface area contributed by atoms with Gasteiger partial charge in [0, 0.05) is 50.7 Å². The zero-order valence-corrected chi connectivity index (χ0v) is 23.4.